The normalized spacial score (nSPS) is 10.2. The molecule has 0 bridgehead atoms. The van der Waals surface area contributed by atoms with E-state index in [2.05, 4.69) is 28.3 Å². The highest BCUT2D eigenvalue weighted by molar-refractivity contribution is 6.10. The van der Waals surface area contributed by atoms with Crippen molar-refractivity contribution in [1.29, 1.82) is 5.26 Å². The SMILES string of the molecule is C=C(C#N)/N=C/C(=C)c1c(C)n[nH]c1C. The molecule has 76 valence electrons. The Hall–Kier alpha value is -2.15. The number of rotatable bonds is 3. The van der Waals surface area contributed by atoms with Gasteiger partial charge in [-0.2, -0.15) is 10.4 Å². The van der Waals surface area contributed by atoms with Gasteiger partial charge in [0.15, 0.2) is 0 Å². The van der Waals surface area contributed by atoms with Crippen LogP contribution in [-0.4, -0.2) is 16.4 Å². The molecule has 0 radical (unpaired) electrons. The van der Waals surface area contributed by atoms with Crippen molar-refractivity contribution in [2.75, 3.05) is 0 Å². The van der Waals surface area contributed by atoms with E-state index in [1.165, 1.54) is 6.21 Å². The topological polar surface area (TPSA) is 64.8 Å². The van der Waals surface area contributed by atoms with Crippen LogP contribution in [0, 0.1) is 25.2 Å². The molecule has 0 aliphatic carbocycles. The number of nitrogens with one attached hydrogen (secondary N) is 1. The van der Waals surface area contributed by atoms with Crippen molar-refractivity contribution in [3.8, 4) is 6.07 Å². The van der Waals surface area contributed by atoms with E-state index in [0.717, 1.165) is 22.5 Å². The molecule has 1 heterocycles. The number of allylic oxidation sites excluding steroid dienone is 2. The molecule has 0 unspecified atom stereocenters. The lowest BCUT2D eigenvalue weighted by Crippen LogP contribution is -1.88. The van der Waals surface area contributed by atoms with Crippen LogP contribution in [0.3, 0.4) is 0 Å². The third kappa shape index (κ3) is 2.41. The van der Waals surface area contributed by atoms with Crippen LogP contribution in [0.25, 0.3) is 5.57 Å². The van der Waals surface area contributed by atoms with E-state index in [9.17, 15) is 0 Å². The maximum absolute atomic E-state index is 8.48. The maximum atomic E-state index is 8.48. The Balaban J connectivity index is 2.93. The quantitative estimate of drug-likeness (QED) is 0.600. The standard InChI is InChI=1S/C11H12N4/c1-7(6-13-8(2)5-12)11-9(3)14-15-10(11)4/h6H,1-2H2,3-4H3,(H,14,15)/b13-6+. The molecule has 4 heteroatoms. The van der Waals surface area contributed by atoms with Crippen LogP contribution >= 0.6 is 0 Å². The summed E-state index contributed by atoms with van der Waals surface area (Å²) in [6.07, 6.45) is 1.52. The van der Waals surface area contributed by atoms with Gasteiger partial charge in [-0.05, 0) is 19.4 Å². The van der Waals surface area contributed by atoms with Gasteiger partial charge in [-0.15, -0.1) is 0 Å². The molecule has 0 amide bonds. The van der Waals surface area contributed by atoms with E-state index in [0.29, 0.717) is 0 Å². The molecule has 0 aliphatic rings. The fraction of sp³-hybridized carbons (Fsp3) is 0.182. The molecule has 1 aromatic heterocycles. The van der Waals surface area contributed by atoms with Crippen molar-refractivity contribution in [1.82, 2.24) is 10.2 Å². The van der Waals surface area contributed by atoms with Gasteiger partial charge in [-0.1, -0.05) is 13.2 Å². The highest BCUT2D eigenvalue weighted by Crippen LogP contribution is 2.17. The molecule has 0 fully saturated rings. The van der Waals surface area contributed by atoms with Crippen LogP contribution < -0.4 is 0 Å². The van der Waals surface area contributed by atoms with Crippen LogP contribution in [0.15, 0.2) is 23.8 Å². The zero-order valence-corrected chi connectivity index (χ0v) is 8.83. The Morgan fingerprint density at radius 2 is 2.20 bits per heavy atom. The van der Waals surface area contributed by atoms with Crippen molar-refractivity contribution in [2.24, 2.45) is 4.99 Å². The van der Waals surface area contributed by atoms with Gasteiger partial charge in [0, 0.05) is 17.5 Å². The van der Waals surface area contributed by atoms with Gasteiger partial charge in [-0.3, -0.25) is 5.10 Å². The van der Waals surface area contributed by atoms with Crippen LogP contribution in [0.5, 0.6) is 0 Å². The molecule has 1 aromatic rings. The summed E-state index contributed by atoms with van der Waals surface area (Å²) >= 11 is 0. The molecule has 0 aliphatic heterocycles. The first-order valence-corrected chi connectivity index (χ1v) is 4.40. The Morgan fingerprint density at radius 1 is 1.53 bits per heavy atom. The summed E-state index contributed by atoms with van der Waals surface area (Å²) in [5, 5.41) is 15.4. The first-order valence-electron chi connectivity index (χ1n) is 4.40. The number of nitrogens with zero attached hydrogens (tertiary/aromatic N) is 3. The van der Waals surface area contributed by atoms with Crippen molar-refractivity contribution >= 4 is 11.8 Å². The Labute approximate surface area is 88.7 Å². The molecule has 4 nitrogen and oxygen atoms in total. The number of hydrogen-bond acceptors (Lipinski definition) is 3. The lowest BCUT2D eigenvalue weighted by Gasteiger charge is -1.98. The third-order valence-corrected chi connectivity index (χ3v) is 1.95. The number of hydrogen-bond donors (Lipinski definition) is 1. The number of aliphatic imine (C=N–C) groups is 1. The predicted molar refractivity (Wildman–Crippen MR) is 60.3 cm³/mol. The van der Waals surface area contributed by atoms with Crippen molar-refractivity contribution in [2.45, 2.75) is 13.8 Å². The molecular weight excluding hydrogens is 188 g/mol. The second-order valence-corrected chi connectivity index (χ2v) is 3.15. The Kier molecular flexibility index (Phi) is 3.19. The van der Waals surface area contributed by atoms with Crippen molar-refractivity contribution < 1.29 is 0 Å². The molecule has 0 atom stereocenters. The van der Waals surface area contributed by atoms with Gasteiger partial charge in [0.05, 0.1) is 5.69 Å². The Bertz CT molecular complexity index is 452. The van der Waals surface area contributed by atoms with Gasteiger partial charge in [0.25, 0.3) is 0 Å². The van der Waals surface area contributed by atoms with Crippen molar-refractivity contribution in [3.05, 3.63) is 35.8 Å². The largest absolute Gasteiger partial charge is 0.282 e. The molecule has 0 saturated heterocycles. The minimum absolute atomic E-state index is 0.162. The summed E-state index contributed by atoms with van der Waals surface area (Å²) < 4.78 is 0. The lowest BCUT2D eigenvalue weighted by atomic mass is 10.1. The second kappa shape index (κ2) is 4.38. The van der Waals surface area contributed by atoms with Gasteiger partial charge in [0.2, 0.25) is 0 Å². The Morgan fingerprint density at radius 3 is 2.67 bits per heavy atom. The van der Waals surface area contributed by atoms with E-state index in [1.807, 2.05) is 19.9 Å². The number of aromatic nitrogens is 2. The molecule has 0 aromatic carbocycles. The number of aryl methyl sites for hydroxylation is 2. The molecule has 0 spiro atoms. The summed E-state index contributed by atoms with van der Waals surface area (Å²) in [5.41, 5.74) is 3.62. The molecule has 1 rings (SSSR count). The van der Waals surface area contributed by atoms with Crippen LogP contribution in [0.4, 0.5) is 0 Å². The minimum atomic E-state index is 0.162. The summed E-state index contributed by atoms with van der Waals surface area (Å²) in [5.74, 6) is 0. The first-order chi connectivity index (χ1) is 7.06. The maximum Gasteiger partial charge on any atom is 0.133 e. The number of aromatic amines is 1. The average molecular weight is 200 g/mol. The zero-order valence-electron chi connectivity index (χ0n) is 8.83. The van der Waals surface area contributed by atoms with E-state index in [1.54, 1.807) is 0 Å². The summed E-state index contributed by atoms with van der Waals surface area (Å²) in [7, 11) is 0. The first kappa shape index (κ1) is 10.9. The highest BCUT2D eigenvalue weighted by Gasteiger charge is 2.07. The van der Waals surface area contributed by atoms with Gasteiger partial charge in [-0.25, -0.2) is 4.99 Å². The smallest absolute Gasteiger partial charge is 0.133 e. The summed E-state index contributed by atoms with van der Waals surface area (Å²) in [4.78, 5) is 3.86. The molecule has 15 heavy (non-hydrogen) atoms. The molecular formula is C11H12N4. The monoisotopic (exact) mass is 200 g/mol. The lowest BCUT2D eigenvalue weighted by molar-refractivity contribution is 1.02. The van der Waals surface area contributed by atoms with Crippen molar-refractivity contribution in [3.63, 3.8) is 0 Å². The fourth-order valence-corrected chi connectivity index (χ4v) is 1.27. The van der Waals surface area contributed by atoms with E-state index in [-0.39, 0.29) is 5.70 Å². The van der Waals surface area contributed by atoms with Gasteiger partial charge < -0.3 is 0 Å². The fourth-order valence-electron chi connectivity index (χ4n) is 1.27. The van der Waals surface area contributed by atoms with Crippen LogP contribution in [-0.2, 0) is 0 Å². The summed E-state index contributed by atoms with van der Waals surface area (Å²) in [6, 6.07) is 1.84. The van der Waals surface area contributed by atoms with E-state index in [4.69, 9.17) is 5.26 Å². The highest BCUT2D eigenvalue weighted by atomic mass is 15.1. The number of nitriles is 1. The predicted octanol–water partition coefficient (Wildman–Crippen LogP) is 2.15. The average Bonchev–Trinajstić information content (AvgIpc) is 2.54. The van der Waals surface area contributed by atoms with Crippen LogP contribution in [0.1, 0.15) is 17.0 Å². The molecule has 0 saturated carbocycles. The van der Waals surface area contributed by atoms with E-state index >= 15 is 0 Å². The second-order valence-electron chi connectivity index (χ2n) is 3.15. The van der Waals surface area contributed by atoms with E-state index < -0.39 is 0 Å². The van der Waals surface area contributed by atoms with Gasteiger partial charge >= 0.3 is 0 Å². The third-order valence-electron chi connectivity index (χ3n) is 1.95. The number of H-pyrrole nitrogens is 1. The summed E-state index contributed by atoms with van der Waals surface area (Å²) in [6.45, 7) is 11.1. The molecule has 1 N–H and O–H groups in total. The van der Waals surface area contributed by atoms with Crippen LogP contribution in [0.2, 0.25) is 0 Å². The minimum Gasteiger partial charge on any atom is -0.282 e. The zero-order chi connectivity index (χ0) is 11.4. The van der Waals surface area contributed by atoms with Gasteiger partial charge in [0.1, 0.15) is 11.8 Å².